The maximum Gasteiger partial charge on any atom is 0.255 e. The Balaban J connectivity index is 2.67. The summed E-state index contributed by atoms with van der Waals surface area (Å²) >= 11 is 3.41. The maximum absolute atomic E-state index is 11.8. The predicted octanol–water partition coefficient (Wildman–Crippen LogP) is 3.06. The minimum Gasteiger partial charge on any atom is -0.506 e. The number of benzene rings is 2. The van der Waals surface area contributed by atoms with Crippen molar-refractivity contribution in [2.24, 2.45) is 0 Å². The van der Waals surface area contributed by atoms with Gasteiger partial charge in [0.2, 0.25) is 0 Å². The quantitative estimate of drug-likeness (QED) is 0.894. The Morgan fingerprint density at radius 3 is 2.65 bits per heavy atom. The highest BCUT2D eigenvalue weighted by atomic mass is 79.9. The highest BCUT2D eigenvalue weighted by Gasteiger charge is 2.15. The van der Waals surface area contributed by atoms with Crippen LogP contribution in [0.15, 0.2) is 34.8 Å². The number of fused-ring (bicyclic) bond motifs is 1. The van der Waals surface area contributed by atoms with E-state index in [2.05, 4.69) is 21.2 Å². The van der Waals surface area contributed by atoms with E-state index in [1.807, 2.05) is 25.1 Å². The second-order valence-corrected chi connectivity index (χ2v) is 4.51. The van der Waals surface area contributed by atoms with Crippen LogP contribution in [-0.2, 0) is 0 Å². The molecule has 2 aromatic rings. The van der Waals surface area contributed by atoms with E-state index in [9.17, 15) is 9.90 Å². The number of carbonyl (C=O) groups is 1. The normalized spacial score (nSPS) is 10.5. The summed E-state index contributed by atoms with van der Waals surface area (Å²) in [7, 11) is 0. The molecular weight excluding hydrogens is 282 g/mol. The van der Waals surface area contributed by atoms with Gasteiger partial charge in [0.25, 0.3) is 5.91 Å². The van der Waals surface area contributed by atoms with E-state index < -0.39 is 0 Å². The number of carbonyl (C=O) groups excluding carboxylic acids is 1. The first-order valence-corrected chi connectivity index (χ1v) is 6.13. The van der Waals surface area contributed by atoms with Crippen molar-refractivity contribution in [2.75, 3.05) is 6.54 Å². The van der Waals surface area contributed by atoms with Gasteiger partial charge in [0.15, 0.2) is 0 Å². The molecule has 0 saturated carbocycles. The first kappa shape index (κ1) is 11.9. The molecule has 0 aliphatic heterocycles. The molecule has 0 atom stereocenters. The van der Waals surface area contributed by atoms with Crippen LogP contribution in [0.1, 0.15) is 17.3 Å². The van der Waals surface area contributed by atoms with Crippen molar-refractivity contribution < 1.29 is 9.90 Å². The lowest BCUT2D eigenvalue weighted by Gasteiger charge is -2.09. The Morgan fingerprint density at radius 2 is 2.00 bits per heavy atom. The van der Waals surface area contributed by atoms with Gasteiger partial charge in [0, 0.05) is 16.4 Å². The number of phenolic OH excluding ortho intramolecular Hbond substituents is 1. The van der Waals surface area contributed by atoms with E-state index in [4.69, 9.17) is 0 Å². The van der Waals surface area contributed by atoms with Crippen molar-refractivity contribution >= 4 is 32.6 Å². The monoisotopic (exact) mass is 293 g/mol. The molecule has 2 aromatic carbocycles. The van der Waals surface area contributed by atoms with Crippen LogP contribution in [0.4, 0.5) is 0 Å². The number of halogens is 1. The fourth-order valence-corrected chi connectivity index (χ4v) is 2.32. The van der Waals surface area contributed by atoms with Gasteiger partial charge >= 0.3 is 0 Å². The Labute approximate surface area is 108 Å². The molecule has 0 aromatic heterocycles. The van der Waals surface area contributed by atoms with E-state index >= 15 is 0 Å². The third kappa shape index (κ3) is 2.13. The van der Waals surface area contributed by atoms with Crippen LogP contribution >= 0.6 is 15.9 Å². The summed E-state index contributed by atoms with van der Waals surface area (Å²) in [6.07, 6.45) is 0. The third-order valence-electron chi connectivity index (χ3n) is 2.55. The molecule has 0 aliphatic rings. The summed E-state index contributed by atoms with van der Waals surface area (Å²) in [5.74, 6) is -0.244. The van der Waals surface area contributed by atoms with Crippen LogP contribution in [-0.4, -0.2) is 17.6 Å². The SMILES string of the molecule is CCNC(=O)c1cc(Br)c2ccccc2c1O. The van der Waals surface area contributed by atoms with Gasteiger partial charge in [-0.05, 0) is 18.4 Å². The molecule has 1 amide bonds. The molecule has 2 N–H and O–H groups in total. The summed E-state index contributed by atoms with van der Waals surface area (Å²) in [5, 5.41) is 14.3. The molecule has 0 heterocycles. The molecule has 0 radical (unpaired) electrons. The first-order chi connectivity index (χ1) is 8.15. The molecule has 17 heavy (non-hydrogen) atoms. The molecule has 0 spiro atoms. The van der Waals surface area contributed by atoms with Crippen LogP contribution in [0.25, 0.3) is 10.8 Å². The molecule has 88 valence electrons. The zero-order valence-electron chi connectivity index (χ0n) is 9.33. The van der Waals surface area contributed by atoms with Crippen LogP contribution in [0, 0.1) is 0 Å². The van der Waals surface area contributed by atoms with Crippen molar-refractivity contribution in [3.05, 3.63) is 40.4 Å². The van der Waals surface area contributed by atoms with Gasteiger partial charge in [0.05, 0.1) is 5.56 Å². The highest BCUT2D eigenvalue weighted by Crippen LogP contribution is 2.34. The van der Waals surface area contributed by atoms with E-state index in [0.29, 0.717) is 11.9 Å². The average Bonchev–Trinajstić information content (AvgIpc) is 2.34. The van der Waals surface area contributed by atoms with Crippen molar-refractivity contribution in [2.45, 2.75) is 6.92 Å². The minimum absolute atomic E-state index is 0.0229. The number of hydrogen-bond donors (Lipinski definition) is 2. The second kappa shape index (κ2) is 4.75. The molecule has 4 heteroatoms. The van der Waals surface area contributed by atoms with E-state index in [1.165, 1.54) is 0 Å². The summed E-state index contributed by atoms with van der Waals surface area (Å²) in [4.78, 5) is 11.8. The van der Waals surface area contributed by atoms with Gasteiger partial charge in [-0.25, -0.2) is 0 Å². The van der Waals surface area contributed by atoms with Crippen molar-refractivity contribution in [3.63, 3.8) is 0 Å². The third-order valence-corrected chi connectivity index (χ3v) is 3.20. The van der Waals surface area contributed by atoms with Crippen LogP contribution in [0.3, 0.4) is 0 Å². The summed E-state index contributed by atoms with van der Waals surface area (Å²) < 4.78 is 0.798. The van der Waals surface area contributed by atoms with Gasteiger partial charge < -0.3 is 10.4 Å². The number of aromatic hydroxyl groups is 1. The Hall–Kier alpha value is -1.55. The lowest BCUT2D eigenvalue weighted by atomic mass is 10.0. The molecule has 0 fully saturated rings. The molecule has 0 saturated heterocycles. The van der Waals surface area contributed by atoms with Crippen LogP contribution < -0.4 is 5.32 Å². The molecule has 0 bridgehead atoms. The second-order valence-electron chi connectivity index (χ2n) is 3.66. The summed E-state index contributed by atoms with van der Waals surface area (Å²) in [6, 6.07) is 9.04. The van der Waals surface area contributed by atoms with Crippen LogP contribution in [0.5, 0.6) is 5.75 Å². The number of phenols is 1. The van der Waals surface area contributed by atoms with Gasteiger partial charge in [0.1, 0.15) is 5.75 Å². The standard InChI is InChI=1S/C13H12BrNO2/c1-2-15-13(17)10-7-11(14)8-5-3-4-6-9(8)12(10)16/h3-7,16H,2H2,1H3,(H,15,17). The Bertz CT molecular complexity index is 581. The van der Waals surface area contributed by atoms with Crippen molar-refractivity contribution in [1.82, 2.24) is 5.32 Å². The lowest BCUT2D eigenvalue weighted by Crippen LogP contribution is -2.22. The Kier molecular flexibility index (Phi) is 3.33. The van der Waals surface area contributed by atoms with E-state index in [0.717, 1.165) is 9.86 Å². The molecular formula is C13H12BrNO2. The summed E-state index contributed by atoms with van der Waals surface area (Å²) in [5.41, 5.74) is 0.289. The smallest absolute Gasteiger partial charge is 0.255 e. The van der Waals surface area contributed by atoms with E-state index in [1.54, 1.807) is 12.1 Å². The molecule has 0 aliphatic carbocycles. The first-order valence-electron chi connectivity index (χ1n) is 5.33. The number of nitrogens with one attached hydrogen (secondary N) is 1. The lowest BCUT2D eigenvalue weighted by molar-refractivity contribution is 0.0953. The zero-order chi connectivity index (χ0) is 12.4. The average molecular weight is 294 g/mol. The topological polar surface area (TPSA) is 49.3 Å². The van der Waals surface area contributed by atoms with Crippen LogP contribution in [0.2, 0.25) is 0 Å². The highest BCUT2D eigenvalue weighted by molar-refractivity contribution is 9.10. The zero-order valence-corrected chi connectivity index (χ0v) is 10.9. The molecule has 2 rings (SSSR count). The van der Waals surface area contributed by atoms with Gasteiger partial charge in [-0.15, -0.1) is 0 Å². The molecule has 0 unspecified atom stereocenters. The van der Waals surface area contributed by atoms with Crippen molar-refractivity contribution in [1.29, 1.82) is 0 Å². The Morgan fingerprint density at radius 1 is 1.35 bits per heavy atom. The summed E-state index contributed by atoms with van der Waals surface area (Å²) in [6.45, 7) is 2.37. The molecule has 3 nitrogen and oxygen atoms in total. The minimum atomic E-state index is -0.267. The fraction of sp³-hybridized carbons (Fsp3) is 0.154. The van der Waals surface area contributed by atoms with Gasteiger partial charge in [-0.2, -0.15) is 0 Å². The van der Waals surface area contributed by atoms with Crippen molar-refractivity contribution in [3.8, 4) is 5.75 Å². The van der Waals surface area contributed by atoms with E-state index in [-0.39, 0.29) is 17.2 Å². The fourth-order valence-electron chi connectivity index (χ4n) is 1.74. The number of hydrogen-bond acceptors (Lipinski definition) is 2. The maximum atomic E-state index is 11.8. The number of amides is 1. The van der Waals surface area contributed by atoms with Gasteiger partial charge in [-0.3, -0.25) is 4.79 Å². The largest absolute Gasteiger partial charge is 0.506 e. The number of rotatable bonds is 2. The predicted molar refractivity (Wildman–Crippen MR) is 71.3 cm³/mol. The van der Waals surface area contributed by atoms with Gasteiger partial charge in [-0.1, -0.05) is 40.2 Å².